The van der Waals surface area contributed by atoms with Crippen molar-refractivity contribution in [2.45, 2.75) is 12.5 Å². The summed E-state index contributed by atoms with van der Waals surface area (Å²) in [5.41, 5.74) is 12.6. The molecule has 8 rings (SSSR count). The minimum atomic E-state index is 0.184. The molecule has 1 aliphatic rings. The molecule has 210 valence electrons. The lowest BCUT2D eigenvalue weighted by Crippen LogP contribution is -2.20. The van der Waals surface area contributed by atoms with Gasteiger partial charge in [0.25, 0.3) is 0 Å². The summed E-state index contributed by atoms with van der Waals surface area (Å²) in [6.07, 6.45) is 5.66. The van der Waals surface area contributed by atoms with Crippen molar-refractivity contribution in [3.8, 4) is 22.3 Å². The summed E-state index contributed by atoms with van der Waals surface area (Å²) < 4.78 is 6.36. The van der Waals surface area contributed by atoms with E-state index in [0.717, 1.165) is 45.2 Å². The van der Waals surface area contributed by atoms with E-state index in [1.54, 1.807) is 0 Å². The fourth-order valence-corrected chi connectivity index (χ4v) is 6.40. The van der Waals surface area contributed by atoms with Gasteiger partial charge in [-0.1, -0.05) is 133 Å². The molecule has 0 amide bonds. The van der Waals surface area contributed by atoms with Gasteiger partial charge in [-0.3, -0.25) is 0 Å². The number of furan rings is 1. The first kappa shape index (κ1) is 26.1. The van der Waals surface area contributed by atoms with Gasteiger partial charge in [0.15, 0.2) is 0 Å². The van der Waals surface area contributed by atoms with Crippen LogP contribution in [0.15, 0.2) is 168 Å². The first-order valence-electron chi connectivity index (χ1n) is 15.2. The van der Waals surface area contributed by atoms with Crippen LogP contribution in [-0.2, 0) is 0 Å². The lowest BCUT2D eigenvalue weighted by molar-refractivity contribution is 0.670. The van der Waals surface area contributed by atoms with Crippen LogP contribution >= 0.6 is 0 Å². The average Bonchev–Trinajstić information content (AvgIpc) is 3.48. The van der Waals surface area contributed by atoms with Crippen molar-refractivity contribution in [1.82, 2.24) is 0 Å². The number of fused-ring (bicyclic) bond motifs is 3. The fourth-order valence-electron chi connectivity index (χ4n) is 6.40. The van der Waals surface area contributed by atoms with Crippen molar-refractivity contribution < 1.29 is 4.42 Å². The van der Waals surface area contributed by atoms with Crippen LogP contribution in [0, 0.1) is 0 Å². The Kier molecular flexibility index (Phi) is 6.66. The van der Waals surface area contributed by atoms with Gasteiger partial charge in [-0.15, -0.1) is 0 Å². The Labute approximate surface area is 257 Å². The normalized spacial score (nSPS) is 14.8. The Balaban J connectivity index is 1.17. The van der Waals surface area contributed by atoms with Crippen LogP contribution in [0.4, 0.5) is 5.69 Å². The smallest absolute Gasteiger partial charge is 0.143 e. The Morgan fingerprint density at radius 2 is 1.14 bits per heavy atom. The quantitative estimate of drug-likeness (QED) is 0.217. The average molecular weight is 566 g/mol. The van der Waals surface area contributed by atoms with Gasteiger partial charge in [0.05, 0.1) is 0 Å². The zero-order valence-electron chi connectivity index (χ0n) is 24.3. The molecule has 1 aromatic heterocycles. The van der Waals surface area contributed by atoms with Crippen LogP contribution in [0.5, 0.6) is 0 Å². The molecule has 1 unspecified atom stereocenters. The summed E-state index contributed by atoms with van der Waals surface area (Å²) in [6.45, 7) is 0. The zero-order chi connectivity index (χ0) is 29.3. The van der Waals surface area contributed by atoms with Crippen molar-refractivity contribution in [2.75, 3.05) is 5.32 Å². The molecule has 1 aliphatic carbocycles. The molecule has 0 saturated carbocycles. The molecule has 7 aromatic rings. The second kappa shape index (κ2) is 11.2. The molecule has 0 bridgehead atoms. The Morgan fingerprint density at radius 3 is 1.95 bits per heavy atom. The standard InChI is InChI=1S/C42H31NO/c1-3-12-29(13-4-1)34-26-35(28-37(27-34)43-36-18-5-2-6-19-36)32-16-9-14-30(24-32)31-15-10-17-33(25-31)38-21-11-22-40-39-20-7-8-23-41(39)44-42(38)40/h1-26,28,37,43H,27H2. The third-order valence-corrected chi connectivity index (χ3v) is 8.53. The zero-order valence-corrected chi connectivity index (χ0v) is 24.3. The first-order chi connectivity index (χ1) is 21.8. The summed E-state index contributed by atoms with van der Waals surface area (Å²) in [7, 11) is 0. The Morgan fingerprint density at radius 1 is 0.523 bits per heavy atom. The molecule has 1 heterocycles. The first-order valence-corrected chi connectivity index (χ1v) is 15.2. The molecule has 0 aliphatic heterocycles. The van der Waals surface area contributed by atoms with Crippen LogP contribution in [-0.4, -0.2) is 6.04 Å². The lowest BCUT2D eigenvalue weighted by atomic mass is 9.87. The summed E-state index contributed by atoms with van der Waals surface area (Å²) in [5.74, 6) is 0. The van der Waals surface area contributed by atoms with Crippen LogP contribution in [0.2, 0.25) is 0 Å². The van der Waals surface area contributed by atoms with Gasteiger partial charge in [0.1, 0.15) is 11.2 Å². The summed E-state index contributed by atoms with van der Waals surface area (Å²) in [6, 6.07) is 53.8. The van der Waals surface area contributed by atoms with Crippen molar-refractivity contribution in [3.63, 3.8) is 0 Å². The van der Waals surface area contributed by atoms with Crippen molar-refractivity contribution in [1.29, 1.82) is 0 Å². The van der Waals surface area contributed by atoms with Crippen molar-refractivity contribution in [3.05, 3.63) is 175 Å². The van der Waals surface area contributed by atoms with E-state index < -0.39 is 0 Å². The van der Waals surface area contributed by atoms with Gasteiger partial charge in [0.2, 0.25) is 0 Å². The highest BCUT2D eigenvalue weighted by Gasteiger charge is 2.18. The van der Waals surface area contributed by atoms with Gasteiger partial charge >= 0.3 is 0 Å². The number of nitrogens with one attached hydrogen (secondary N) is 1. The number of para-hydroxylation sites is 3. The predicted molar refractivity (Wildman–Crippen MR) is 185 cm³/mol. The minimum Gasteiger partial charge on any atom is -0.455 e. The number of anilines is 1. The van der Waals surface area contributed by atoms with E-state index in [-0.39, 0.29) is 6.04 Å². The predicted octanol–water partition coefficient (Wildman–Crippen LogP) is 11.3. The molecule has 44 heavy (non-hydrogen) atoms. The molecular formula is C42H31NO. The molecular weight excluding hydrogens is 534 g/mol. The highest BCUT2D eigenvalue weighted by molar-refractivity contribution is 6.09. The van der Waals surface area contributed by atoms with E-state index >= 15 is 0 Å². The molecule has 0 radical (unpaired) electrons. The SMILES string of the molecule is C1=C(c2cccc(-c3cccc(-c4cccc5c4oc4ccccc45)c3)c2)C=C(c2ccccc2)CC1Nc1ccccc1. The van der Waals surface area contributed by atoms with Crippen LogP contribution in [0.1, 0.15) is 17.5 Å². The highest BCUT2D eigenvalue weighted by Crippen LogP contribution is 2.38. The molecule has 2 nitrogen and oxygen atoms in total. The second-order valence-electron chi connectivity index (χ2n) is 11.4. The maximum atomic E-state index is 6.36. The summed E-state index contributed by atoms with van der Waals surface area (Å²) >= 11 is 0. The Bertz CT molecular complexity index is 2170. The molecule has 0 spiro atoms. The van der Waals surface area contributed by atoms with E-state index in [2.05, 4.69) is 157 Å². The third-order valence-electron chi connectivity index (χ3n) is 8.53. The van der Waals surface area contributed by atoms with Gasteiger partial charge in [-0.05, 0) is 75.7 Å². The van der Waals surface area contributed by atoms with E-state index in [4.69, 9.17) is 4.42 Å². The highest BCUT2D eigenvalue weighted by atomic mass is 16.3. The van der Waals surface area contributed by atoms with E-state index in [1.165, 1.54) is 33.4 Å². The molecule has 1 atom stereocenters. The summed E-state index contributed by atoms with van der Waals surface area (Å²) in [4.78, 5) is 0. The topological polar surface area (TPSA) is 25.2 Å². The number of benzene rings is 6. The van der Waals surface area contributed by atoms with Crippen molar-refractivity contribution in [2.24, 2.45) is 0 Å². The molecule has 0 fully saturated rings. The second-order valence-corrected chi connectivity index (χ2v) is 11.4. The number of hydrogen-bond acceptors (Lipinski definition) is 2. The number of allylic oxidation sites excluding steroid dienone is 2. The molecule has 0 saturated heterocycles. The monoisotopic (exact) mass is 565 g/mol. The molecule has 1 N–H and O–H groups in total. The van der Waals surface area contributed by atoms with Gasteiger partial charge in [0, 0.05) is 28.1 Å². The van der Waals surface area contributed by atoms with E-state index in [1.807, 2.05) is 12.1 Å². The Hall–Kier alpha value is -5.60. The lowest BCUT2D eigenvalue weighted by Gasteiger charge is -2.24. The van der Waals surface area contributed by atoms with E-state index in [0.29, 0.717) is 0 Å². The third kappa shape index (κ3) is 5.01. The van der Waals surface area contributed by atoms with Gasteiger partial charge < -0.3 is 9.73 Å². The van der Waals surface area contributed by atoms with Crippen LogP contribution < -0.4 is 5.32 Å². The molecule has 6 aromatic carbocycles. The number of rotatable bonds is 6. The minimum absolute atomic E-state index is 0.184. The maximum Gasteiger partial charge on any atom is 0.143 e. The van der Waals surface area contributed by atoms with Crippen LogP contribution in [0.25, 0.3) is 55.3 Å². The van der Waals surface area contributed by atoms with E-state index in [9.17, 15) is 0 Å². The number of hydrogen-bond donors (Lipinski definition) is 1. The fraction of sp³-hybridized carbons (Fsp3) is 0.0476. The van der Waals surface area contributed by atoms with Crippen molar-refractivity contribution >= 4 is 38.8 Å². The van der Waals surface area contributed by atoms with Gasteiger partial charge in [-0.2, -0.15) is 0 Å². The van der Waals surface area contributed by atoms with Crippen LogP contribution in [0.3, 0.4) is 0 Å². The largest absolute Gasteiger partial charge is 0.455 e. The molecule has 2 heteroatoms. The summed E-state index contributed by atoms with van der Waals surface area (Å²) in [5, 5.41) is 6.05. The maximum absolute atomic E-state index is 6.36. The van der Waals surface area contributed by atoms with Gasteiger partial charge in [-0.25, -0.2) is 0 Å².